The lowest BCUT2D eigenvalue weighted by molar-refractivity contribution is 0.641. The summed E-state index contributed by atoms with van der Waals surface area (Å²) in [5.41, 5.74) is 11.5. The highest BCUT2D eigenvalue weighted by Gasteiger charge is 2.26. The van der Waals surface area contributed by atoms with Gasteiger partial charge in [0.25, 0.3) is 0 Å². The average molecular weight is 600 g/mol. The van der Waals surface area contributed by atoms with Crippen LogP contribution in [0.15, 0.2) is 128 Å². The summed E-state index contributed by atoms with van der Waals surface area (Å²) in [6, 6.07) is 43.7. The Kier molecular flexibility index (Phi) is 7.56. The lowest BCUT2D eigenvalue weighted by atomic mass is 9.77. The fourth-order valence-corrected chi connectivity index (χ4v) is 6.74. The molecular weight excluding hydrogens is 558 g/mol. The largest absolute Gasteiger partial charge is 0.292 e. The monoisotopic (exact) mass is 599 g/mol. The number of pyridine rings is 1. The maximum absolute atomic E-state index is 5.29. The summed E-state index contributed by atoms with van der Waals surface area (Å²) in [5.74, 6) is 1.72. The first kappa shape index (κ1) is 29.7. The molecule has 0 saturated carbocycles. The molecule has 0 bridgehead atoms. The van der Waals surface area contributed by atoms with Gasteiger partial charge in [0.15, 0.2) is 0 Å². The van der Waals surface area contributed by atoms with E-state index in [-0.39, 0.29) is 5.41 Å². The summed E-state index contributed by atoms with van der Waals surface area (Å²) in [6.45, 7) is 13.8. The summed E-state index contributed by atoms with van der Waals surface area (Å²) in [6.07, 6.45) is 1.97. The minimum atomic E-state index is -0.251. The molecule has 3 nitrogen and oxygen atoms in total. The third-order valence-electron chi connectivity index (χ3n) is 9.48. The molecule has 0 atom stereocenters. The van der Waals surface area contributed by atoms with Crippen LogP contribution in [0.2, 0.25) is 0 Å². The van der Waals surface area contributed by atoms with Crippen LogP contribution in [0.3, 0.4) is 0 Å². The van der Waals surface area contributed by atoms with E-state index in [0.717, 1.165) is 39.1 Å². The molecule has 0 unspecified atom stereocenters. The maximum atomic E-state index is 5.29. The predicted molar refractivity (Wildman–Crippen MR) is 194 cm³/mol. The standard InChI is InChI=1S/C43H41N3/c1-28(2)36-20-13-21-37(29(3)4)41(36)46-40-23-10-9-22-38(40)45-42(46)32-17-12-19-35(25-32)43(5,6)34-18-11-16-31(24-34)39-26-30-14-7-8-15-33(30)27-44-39/h7-29H,1-6H3. The third-order valence-corrected chi connectivity index (χ3v) is 9.48. The number of hydrogen-bond donors (Lipinski definition) is 0. The molecule has 0 N–H and O–H groups in total. The molecule has 7 rings (SSSR count). The molecule has 228 valence electrons. The Hall–Kier alpha value is -5.02. The Bertz CT molecular complexity index is 2170. The number of hydrogen-bond acceptors (Lipinski definition) is 2. The topological polar surface area (TPSA) is 30.7 Å². The average Bonchev–Trinajstić information content (AvgIpc) is 3.47. The van der Waals surface area contributed by atoms with Crippen molar-refractivity contribution < 1.29 is 0 Å². The number of nitrogens with zero attached hydrogens (tertiary/aromatic N) is 3. The SMILES string of the molecule is CC(C)c1cccc(C(C)C)c1-n1c(-c2cccc(C(C)(C)c3cccc(-c4cc5ccccc5cn4)c3)c2)nc2ccccc21. The van der Waals surface area contributed by atoms with E-state index in [0.29, 0.717) is 11.8 Å². The zero-order valence-electron chi connectivity index (χ0n) is 27.6. The molecule has 3 heteroatoms. The van der Waals surface area contributed by atoms with Gasteiger partial charge in [-0.25, -0.2) is 4.98 Å². The summed E-state index contributed by atoms with van der Waals surface area (Å²) < 4.78 is 2.41. The highest BCUT2D eigenvalue weighted by molar-refractivity contribution is 5.86. The van der Waals surface area contributed by atoms with E-state index in [1.54, 1.807) is 0 Å². The van der Waals surface area contributed by atoms with Crippen molar-refractivity contribution in [2.24, 2.45) is 0 Å². The summed E-state index contributed by atoms with van der Waals surface area (Å²) in [5, 5.41) is 2.36. The van der Waals surface area contributed by atoms with Crippen molar-refractivity contribution in [3.8, 4) is 28.3 Å². The van der Waals surface area contributed by atoms with Crippen molar-refractivity contribution in [3.05, 3.63) is 150 Å². The first-order chi connectivity index (χ1) is 22.2. The predicted octanol–water partition coefficient (Wildman–Crippen LogP) is 11.5. The molecule has 0 saturated heterocycles. The van der Waals surface area contributed by atoms with Gasteiger partial charge < -0.3 is 0 Å². The highest BCUT2D eigenvalue weighted by atomic mass is 15.1. The smallest absolute Gasteiger partial charge is 0.145 e. The Morgan fingerprint density at radius 3 is 1.87 bits per heavy atom. The van der Waals surface area contributed by atoms with E-state index in [4.69, 9.17) is 9.97 Å². The minimum absolute atomic E-state index is 0.251. The molecule has 0 aliphatic carbocycles. The van der Waals surface area contributed by atoms with Crippen LogP contribution in [0, 0.1) is 0 Å². The van der Waals surface area contributed by atoms with Crippen LogP contribution in [0.4, 0.5) is 0 Å². The van der Waals surface area contributed by atoms with Gasteiger partial charge in [-0.1, -0.05) is 133 Å². The number of para-hydroxylation sites is 3. The van der Waals surface area contributed by atoms with Gasteiger partial charge in [-0.2, -0.15) is 0 Å². The van der Waals surface area contributed by atoms with Crippen molar-refractivity contribution in [1.82, 2.24) is 14.5 Å². The molecule has 0 fully saturated rings. The second-order valence-electron chi connectivity index (χ2n) is 13.6. The van der Waals surface area contributed by atoms with Gasteiger partial charge in [-0.05, 0) is 69.8 Å². The van der Waals surface area contributed by atoms with E-state index >= 15 is 0 Å². The second kappa shape index (κ2) is 11.7. The van der Waals surface area contributed by atoms with Gasteiger partial charge in [0, 0.05) is 28.1 Å². The van der Waals surface area contributed by atoms with Crippen molar-refractivity contribution in [2.75, 3.05) is 0 Å². The van der Waals surface area contributed by atoms with Crippen molar-refractivity contribution in [2.45, 2.75) is 58.8 Å². The van der Waals surface area contributed by atoms with Gasteiger partial charge in [0.2, 0.25) is 0 Å². The van der Waals surface area contributed by atoms with E-state index in [1.165, 1.54) is 33.3 Å². The molecule has 0 aliphatic rings. The van der Waals surface area contributed by atoms with Gasteiger partial charge in [0.05, 0.1) is 22.4 Å². The number of fused-ring (bicyclic) bond motifs is 2. The van der Waals surface area contributed by atoms with E-state index in [1.807, 2.05) is 6.20 Å². The highest BCUT2D eigenvalue weighted by Crippen LogP contribution is 2.39. The first-order valence-electron chi connectivity index (χ1n) is 16.4. The second-order valence-corrected chi connectivity index (χ2v) is 13.6. The van der Waals surface area contributed by atoms with Gasteiger partial charge in [-0.3, -0.25) is 9.55 Å². The summed E-state index contributed by atoms with van der Waals surface area (Å²) in [7, 11) is 0. The van der Waals surface area contributed by atoms with Gasteiger partial charge >= 0.3 is 0 Å². The minimum Gasteiger partial charge on any atom is -0.292 e. The van der Waals surface area contributed by atoms with Crippen LogP contribution in [0.1, 0.15) is 75.6 Å². The van der Waals surface area contributed by atoms with Gasteiger partial charge in [-0.15, -0.1) is 0 Å². The number of aromatic nitrogens is 3. The third kappa shape index (κ3) is 5.20. The molecule has 0 aliphatic heterocycles. The lowest BCUT2D eigenvalue weighted by Gasteiger charge is -2.27. The van der Waals surface area contributed by atoms with Crippen molar-refractivity contribution >= 4 is 21.8 Å². The molecule has 7 aromatic rings. The normalized spacial score (nSPS) is 12.1. The quantitative estimate of drug-likeness (QED) is 0.182. The zero-order valence-corrected chi connectivity index (χ0v) is 27.6. The van der Waals surface area contributed by atoms with Crippen LogP contribution < -0.4 is 0 Å². The van der Waals surface area contributed by atoms with Gasteiger partial charge in [0.1, 0.15) is 5.82 Å². The number of imidazole rings is 1. The van der Waals surface area contributed by atoms with Crippen LogP contribution in [0.5, 0.6) is 0 Å². The van der Waals surface area contributed by atoms with E-state index < -0.39 is 0 Å². The summed E-state index contributed by atoms with van der Waals surface area (Å²) >= 11 is 0. The zero-order chi connectivity index (χ0) is 32.0. The van der Waals surface area contributed by atoms with Crippen LogP contribution in [0.25, 0.3) is 50.1 Å². The Balaban J connectivity index is 1.36. The Labute approximate surface area is 272 Å². The summed E-state index contributed by atoms with van der Waals surface area (Å²) in [4.78, 5) is 10.1. The van der Waals surface area contributed by atoms with Crippen molar-refractivity contribution in [1.29, 1.82) is 0 Å². The Morgan fingerprint density at radius 1 is 0.587 bits per heavy atom. The first-order valence-corrected chi connectivity index (χ1v) is 16.4. The molecule has 46 heavy (non-hydrogen) atoms. The number of benzene rings is 5. The molecule has 0 amide bonds. The van der Waals surface area contributed by atoms with Crippen LogP contribution in [-0.2, 0) is 5.41 Å². The molecule has 0 spiro atoms. The maximum Gasteiger partial charge on any atom is 0.145 e. The van der Waals surface area contributed by atoms with Crippen molar-refractivity contribution in [3.63, 3.8) is 0 Å². The molecular formula is C43H41N3. The fourth-order valence-electron chi connectivity index (χ4n) is 6.74. The molecule has 2 heterocycles. The fraction of sp³-hybridized carbons (Fsp3) is 0.209. The lowest BCUT2D eigenvalue weighted by Crippen LogP contribution is -2.19. The molecule has 0 radical (unpaired) electrons. The number of rotatable bonds is 7. The van der Waals surface area contributed by atoms with E-state index in [2.05, 4.69) is 167 Å². The van der Waals surface area contributed by atoms with Crippen LogP contribution in [-0.4, -0.2) is 14.5 Å². The van der Waals surface area contributed by atoms with Crippen LogP contribution >= 0.6 is 0 Å². The van der Waals surface area contributed by atoms with E-state index in [9.17, 15) is 0 Å². The molecule has 2 aromatic heterocycles. The Morgan fingerprint density at radius 2 is 1.17 bits per heavy atom. The molecule has 5 aromatic carbocycles.